The predicted molar refractivity (Wildman–Crippen MR) is 90.2 cm³/mol. The van der Waals surface area contributed by atoms with Crippen molar-refractivity contribution in [1.29, 1.82) is 0 Å². The van der Waals surface area contributed by atoms with E-state index in [2.05, 4.69) is 25.5 Å². The summed E-state index contributed by atoms with van der Waals surface area (Å²) in [7, 11) is 0. The largest absolute Gasteiger partial charge is 0.360 e. The van der Waals surface area contributed by atoms with E-state index in [1.165, 1.54) is 11.8 Å². The van der Waals surface area contributed by atoms with E-state index in [0.29, 0.717) is 34.7 Å². The van der Waals surface area contributed by atoms with Gasteiger partial charge in [0.2, 0.25) is 11.1 Å². The maximum Gasteiger partial charge on any atom is 0.253 e. The fourth-order valence-electron chi connectivity index (χ4n) is 2.16. The van der Waals surface area contributed by atoms with Gasteiger partial charge in [0, 0.05) is 29.6 Å². The van der Waals surface area contributed by atoms with Crippen LogP contribution in [0.2, 0.25) is 0 Å². The predicted octanol–water partition coefficient (Wildman–Crippen LogP) is 2.47. The van der Waals surface area contributed by atoms with Gasteiger partial charge in [-0.1, -0.05) is 16.9 Å². The van der Waals surface area contributed by atoms with E-state index in [1.54, 1.807) is 17.5 Å². The first-order valence-corrected chi connectivity index (χ1v) is 8.49. The number of thioether (sulfide) groups is 1. The van der Waals surface area contributed by atoms with Gasteiger partial charge in [-0.2, -0.15) is 4.98 Å². The monoisotopic (exact) mass is 346 g/mol. The number of fused-ring (bicyclic) bond motifs is 1. The highest BCUT2D eigenvalue weighted by Crippen LogP contribution is 2.18. The molecule has 3 heterocycles. The van der Waals surface area contributed by atoms with Crippen LogP contribution in [-0.2, 0) is 4.79 Å². The molecule has 3 aromatic heterocycles. The molecule has 0 aliphatic rings. The molecule has 0 unspecified atom stereocenters. The van der Waals surface area contributed by atoms with E-state index in [9.17, 15) is 4.79 Å². The number of carbonyl (C=O) groups excluding carboxylic acids is 1. The second-order valence-corrected chi connectivity index (χ2v) is 6.55. The van der Waals surface area contributed by atoms with Crippen LogP contribution in [0.15, 0.2) is 15.7 Å². The van der Waals surface area contributed by atoms with Gasteiger partial charge in [-0.15, -0.1) is 5.10 Å². The zero-order valence-corrected chi connectivity index (χ0v) is 14.8. The topological polar surface area (TPSA) is 98.2 Å². The van der Waals surface area contributed by atoms with Gasteiger partial charge in [0.25, 0.3) is 5.78 Å². The third kappa shape index (κ3) is 3.40. The normalized spacial score (nSPS) is 11.2. The SMILES string of the molecule is Cc1cc(NC(=O)CCSc2nc3nc(C)c(C)c(C)n3n2)no1. The molecule has 0 atom stereocenters. The molecule has 1 amide bonds. The number of carbonyl (C=O) groups is 1. The zero-order valence-electron chi connectivity index (χ0n) is 14.0. The van der Waals surface area contributed by atoms with Crippen molar-refractivity contribution in [3.05, 3.63) is 28.8 Å². The minimum absolute atomic E-state index is 0.124. The molecule has 0 bridgehead atoms. The van der Waals surface area contributed by atoms with Crippen molar-refractivity contribution in [3.63, 3.8) is 0 Å². The summed E-state index contributed by atoms with van der Waals surface area (Å²) in [6.45, 7) is 7.74. The summed E-state index contributed by atoms with van der Waals surface area (Å²) >= 11 is 1.42. The molecule has 0 aromatic carbocycles. The number of hydrogen-bond donors (Lipinski definition) is 1. The van der Waals surface area contributed by atoms with Crippen molar-refractivity contribution in [1.82, 2.24) is 24.7 Å². The lowest BCUT2D eigenvalue weighted by Crippen LogP contribution is -2.12. The Kier molecular flexibility index (Phi) is 4.52. The summed E-state index contributed by atoms with van der Waals surface area (Å²) in [5.41, 5.74) is 3.08. The highest BCUT2D eigenvalue weighted by Gasteiger charge is 2.12. The van der Waals surface area contributed by atoms with Crippen LogP contribution < -0.4 is 5.32 Å². The molecule has 0 fully saturated rings. The number of rotatable bonds is 5. The van der Waals surface area contributed by atoms with Gasteiger partial charge in [0.15, 0.2) is 5.82 Å². The number of aryl methyl sites for hydroxylation is 3. The Morgan fingerprint density at radius 2 is 2.08 bits per heavy atom. The van der Waals surface area contributed by atoms with Crippen LogP contribution in [0.25, 0.3) is 5.78 Å². The molecule has 0 radical (unpaired) electrons. The van der Waals surface area contributed by atoms with E-state index in [1.807, 2.05) is 20.8 Å². The minimum atomic E-state index is -0.124. The summed E-state index contributed by atoms with van der Waals surface area (Å²) in [5.74, 6) is 2.11. The second-order valence-electron chi connectivity index (χ2n) is 5.48. The Morgan fingerprint density at radius 1 is 1.29 bits per heavy atom. The first kappa shape index (κ1) is 16.4. The lowest BCUT2D eigenvalue weighted by Gasteiger charge is -2.04. The van der Waals surface area contributed by atoms with Crippen molar-refractivity contribution < 1.29 is 9.32 Å². The van der Waals surface area contributed by atoms with Crippen molar-refractivity contribution in [2.45, 2.75) is 39.3 Å². The lowest BCUT2D eigenvalue weighted by atomic mass is 10.2. The second kappa shape index (κ2) is 6.60. The standard InChI is InChI=1S/C15H18N6O2S/c1-8-7-12(20-23-8)17-13(22)5-6-24-15-18-14-16-10(3)9(2)11(4)21(14)19-15/h7H,5-6H2,1-4H3,(H,17,20,22). The number of hydrogen-bond acceptors (Lipinski definition) is 7. The molecule has 126 valence electrons. The molecule has 0 saturated carbocycles. The van der Waals surface area contributed by atoms with E-state index >= 15 is 0 Å². The van der Waals surface area contributed by atoms with E-state index < -0.39 is 0 Å². The van der Waals surface area contributed by atoms with Gasteiger partial charge >= 0.3 is 0 Å². The molecule has 3 aromatic rings. The van der Waals surface area contributed by atoms with Crippen molar-refractivity contribution >= 4 is 29.3 Å². The third-order valence-electron chi connectivity index (χ3n) is 3.70. The fraction of sp³-hybridized carbons (Fsp3) is 0.400. The molecule has 0 spiro atoms. The van der Waals surface area contributed by atoms with Gasteiger partial charge in [-0.3, -0.25) is 4.79 Å². The van der Waals surface area contributed by atoms with E-state index in [-0.39, 0.29) is 5.91 Å². The summed E-state index contributed by atoms with van der Waals surface area (Å²) in [6, 6.07) is 1.67. The fourth-order valence-corrected chi connectivity index (χ4v) is 2.92. The molecule has 0 aliphatic heterocycles. The smallest absolute Gasteiger partial charge is 0.253 e. The molecule has 24 heavy (non-hydrogen) atoms. The van der Waals surface area contributed by atoms with Crippen LogP contribution in [0.3, 0.4) is 0 Å². The number of amides is 1. The van der Waals surface area contributed by atoms with Crippen molar-refractivity contribution in [2.75, 3.05) is 11.1 Å². The first-order valence-electron chi connectivity index (χ1n) is 7.50. The lowest BCUT2D eigenvalue weighted by molar-refractivity contribution is -0.115. The van der Waals surface area contributed by atoms with Crippen LogP contribution >= 0.6 is 11.8 Å². The first-order chi connectivity index (χ1) is 11.4. The number of anilines is 1. The van der Waals surface area contributed by atoms with Crippen LogP contribution in [-0.4, -0.2) is 36.4 Å². The van der Waals surface area contributed by atoms with E-state index in [4.69, 9.17) is 4.52 Å². The van der Waals surface area contributed by atoms with Gasteiger partial charge in [-0.25, -0.2) is 9.50 Å². The van der Waals surface area contributed by atoms with Crippen LogP contribution in [0.1, 0.15) is 29.1 Å². The van der Waals surface area contributed by atoms with Gasteiger partial charge in [0.1, 0.15) is 5.76 Å². The average Bonchev–Trinajstić information content (AvgIpc) is 3.11. The maximum atomic E-state index is 11.9. The van der Waals surface area contributed by atoms with E-state index in [0.717, 1.165) is 17.0 Å². The minimum Gasteiger partial charge on any atom is -0.360 e. The quantitative estimate of drug-likeness (QED) is 0.709. The highest BCUT2D eigenvalue weighted by atomic mass is 32.2. The Hall–Kier alpha value is -2.42. The summed E-state index contributed by atoms with van der Waals surface area (Å²) in [5, 5.41) is 11.5. The van der Waals surface area contributed by atoms with Crippen LogP contribution in [0.5, 0.6) is 0 Å². The third-order valence-corrected chi connectivity index (χ3v) is 4.54. The highest BCUT2D eigenvalue weighted by molar-refractivity contribution is 7.99. The van der Waals surface area contributed by atoms with Crippen LogP contribution in [0, 0.1) is 27.7 Å². The Morgan fingerprint density at radius 3 is 2.79 bits per heavy atom. The van der Waals surface area contributed by atoms with Gasteiger partial charge in [-0.05, 0) is 33.3 Å². The molecule has 3 rings (SSSR count). The average molecular weight is 346 g/mol. The maximum absolute atomic E-state index is 11.9. The summed E-state index contributed by atoms with van der Waals surface area (Å²) in [4.78, 5) is 20.7. The number of nitrogens with one attached hydrogen (secondary N) is 1. The van der Waals surface area contributed by atoms with Gasteiger partial charge in [0.05, 0.1) is 0 Å². The summed E-state index contributed by atoms with van der Waals surface area (Å²) < 4.78 is 6.64. The molecule has 0 aliphatic carbocycles. The molecular weight excluding hydrogens is 328 g/mol. The molecular formula is C15H18N6O2S. The molecule has 1 N–H and O–H groups in total. The van der Waals surface area contributed by atoms with Crippen molar-refractivity contribution in [2.24, 2.45) is 0 Å². The molecule has 0 saturated heterocycles. The molecule has 8 nitrogen and oxygen atoms in total. The van der Waals surface area contributed by atoms with Gasteiger partial charge < -0.3 is 9.84 Å². The van der Waals surface area contributed by atoms with Crippen molar-refractivity contribution in [3.8, 4) is 0 Å². The number of nitrogens with zero attached hydrogens (tertiary/aromatic N) is 5. The zero-order chi connectivity index (χ0) is 17.3. The Balaban J connectivity index is 1.59. The van der Waals surface area contributed by atoms with Crippen LogP contribution in [0.4, 0.5) is 5.82 Å². The Bertz CT molecular complexity index is 901. The number of aromatic nitrogens is 5. The summed E-state index contributed by atoms with van der Waals surface area (Å²) in [6.07, 6.45) is 0.330. The molecule has 9 heteroatoms. The Labute approximate surface area is 143 Å².